The molecular weight excluding hydrogens is 234 g/mol. The van der Waals surface area contributed by atoms with E-state index in [9.17, 15) is 5.11 Å². The summed E-state index contributed by atoms with van der Waals surface area (Å²) in [6.07, 6.45) is 13.1. The Morgan fingerprint density at radius 1 is 1.00 bits per heavy atom. The third-order valence-electron chi connectivity index (χ3n) is 3.77. The van der Waals surface area contributed by atoms with Crippen molar-refractivity contribution in [3.8, 4) is 5.75 Å². The van der Waals surface area contributed by atoms with Gasteiger partial charge < -0.3 is 5.11 Å². The van der Waals surface area contributed by atoms with Crippen molar-refractivity contribution in [1.82, 2.24) is 4.98 Å². The molecule has 0 aliphatic heterocycles. The lowest BCUT2D eigenvalue weighted by molar-refractivity contribution is 0.434. The molecule has 0 spiro atoms. The third kappa shape index (κ3) is 6.09. The van der Waals surface area contributed by atoms with Gasteiger partial charge >= 0.3 is 0 Å². The SMILES string of the molecule is CCCCCCCC(CCCC)c1ncccc1O. The molecule has 2 nitrogen and oxygen atoms in total. The smallest absolute Gasteiger partial charge is 0.137 e. The van der Waals surface area contributed by atoms with Crippen LogP contribution in [0.2, 0.25) is 0 Å². The van der Waals surface area contributed by atoms with Gasteiger partial charge in [0.1, 0.15) is 5.75 Å². The molecule has 1 aromatic rings. The highest BCUT2D eigenvalue weighted by molar-refractivity contribution is 5.28. The van der Waals surface area contributed by atoms with Gasteiger partial charge in [0.05, 0.1) is 5.69 Å². The normalized spacial score (nSPS) is 12.5. The Hall–Kier alpha value is -1.05. The van der Waals surface area contributed by atoms with Crippen LogP contribution in [0.15, 0.2) is 18.3 Å². The Morgan fingerprint density at radius 3 is 2.37 bits per heavy atom. The quantitative estimate of drug-likeness (QED) is 0.572. The van der Waals surface area contributed by atoms with E-state index >= 15 is 0 Å². The van der Waals surface area contributed by atoms with E-state index in [1.54, 1.807) is 18.3 Å². The molecule has 0 saturated heterocycles. The average Bonchev–Trinajstić information content (AvgIpc) is 2.43. The molecule has 1 rings (SSSR count). The average molecular weight is 263 g/mol. The molecule has 2 heteroatoms. The fraction of sp³-hybridized carbons (Fsp3) is 0.706. The second kappa shape index (κ2) is 9.82. The van der Waals surface area contributed by atoms with Crippen LogP contribution in [0.1, 0.15) is 83.2 Å². The van der Waals surface area contributed by atoms with Crippen molar-refractivity contribution in [2.75, 3.05) is 0 Å². The highest BCUT2D eigenvalue weighted by Gasteiger charge is 2.15. The van der Waals surface area contributed by atoms with Crippen molar-refractivity contribution in [2.24, 2.45) is 0 Å². The van der Waals surface area contributed by atoms with Gasteiger partial charge in [-0.3, -0.25) is 4.98 Å². The molecule has 0 saturated carbocycles. The molecule has 0 aliphatic rings. The van der Waals surface area contributed by atoms with E-state index in [0.717, 1.165) is 18.5 Å². The minimum absolute atomic E-state index is 0.372. The van der Waals surface area contributed by atoms with E-state index in [2.05, 4.69) is 18.8 Å². The van der Waals surface area contributed by atoms with Crippen molar-refractivity contribution >= 4 is 0 Å². The summed E-state index contributed by atoms with van der Waals surface area (Å²) < 4.78 is 0. The highest BCUT2D eigenvalue weighted by atomic mass is 16.3. The Balaban J connectivity index is 2.49. The van der Waals surface area contributed by atoms with Crippen molar-refractivity contribution in [3.63, 3.8) is 0 Å². The lowest BCUT2D eigenvalue weighted by Crippen LogP contribution is -2.02. The molecular formula is C17H29NO. The molecule has 1 heterocycles. The molecule has 0 amide bonds. The van der Waals surface area contributed by atoms with Crippen LogP contribution in [0.4, 0.5) is 0 Å². The molecule has 1 aromatic heterocycles. The predicted molar refractivity (Wildman–Crippen MR) is 81.5 cm³/mol. The van der Waals surface area contributed by atoms with E-state index in [1.165, 1.54) is 44.9 Å². The topological polar surface area (TPSA) is 33.1 Å². The van der Waals surface area contributed by atoms with Crippen molar-refractivity contribution in [3.05, 3.63) is 24.0 Å². The van der Waals surface area contributed by atoms with Crippen molar-refractivity contribution < 1.29 is 5.11 Å². The van der Waals surface area contributed by atoms with E-state index < -0.39 is 0 Å². The Bertz CT molecular complexity index is 338. The summed E-state index contributed by atoms with van der Waals surface area (Å²) in [7, 11) is 0. The second-order valence-corrected chi connectivity index (χ2v) is 5.45. The zero-order valence-corrected chi connectivity index (χ0v) is 12.6. The summed E-state index contributed by atoms with van der Waals surface area (Å²) in [4.78, 5) is 4.40. The maximum Gasteiger partial charge on any atom is 0.137 e. The number of pyridine rings is 1. The van der Waals surface area contributed by atoms with Crippen LogP contribution in [0, 0.1) is 0 Å². The maximum absolute atomic E-state index is 9.96. The fourth-order valence-corrected chi connectivity index (χ4v) is 2.59. The first-order valence-electron chi connectivity index (χ1n) is 7.93. The largest absolute Gasteiger partial charge is 0.506 e. The van der Waals surface area contributed by atoms with Crippen molar-refractivity contribution in [2.45, 2.75) is 77.6 Å². The van der Waals surface area contributed by atoms with Crippen LogP contribution in [0.5, 0.6) is 5.75 Å². The Morgan fingerprint density at radius 2 is 1.68 bits per heavy atom. The van der Waals surface area contributed by atoms with Gasteiger partial charge in [0.15, 0.2) is 0 Å². The summed E-state index contributed by atoms with van der Waals surface area (Å²) >= 11 is 0. The number of hydrogen-bond donors (Lipinski definition) is 1. The molecule has 1 N–H and O–H groups in total. The van der Waals surface area contributed by atoms with Gasteiger partial charge in [-0.25, -0.2) is 0 Å². The van der Waals surface area contributed by atoms with Crippen LogP contribution in [-0.4, -0.2) is 10.1 Å². The van der Waals surface area contributed by atoms with Gasteiger partial charge in [-0.15, -0.1) is 0 Å². The molecule has 19 heavy (non-hydrogen) atoms. The number of hydrogen-bond acceptors (Lipinski definition) is 2. The summed E-state index contributed by atoms with van der Waals surface area (Å²) in [5.74, 6) is 0.805. The number of unbranched alkanes of at least 4 members (excludes halogenated alkanes) is 5. The lowest BCUT2D eigenvalue weighted by Gasteiger charge is -2.17. The van der Waals surface area contributed by atoms with Gasteiger partial charge in [0, 0.05) is 12.1 Å². The first kappa shape index (κ1) is 16.0. The van der Waals surface area contributed by atoms with E-state index in [1.807, 2.05) is 0 Å². The standard InChI is InChI=1S/C17H29NO/c1-3-5-7-8-9-12-15(11-6-4-2)17-16(19)13-10-14-18-17/h10,13-15,19H,3-9,11-12H2,1-2H3. The zero-order valence-electron chi connectivity index (χ0n) is 12.6. The molecule has 1 atom stereocenters. The number of aromatic nitrogens is 1. The Labute approximate surface area is 118 Å². The molecule has 0 radical (unpaired) electrons. The second-order valence-electron chi connectivity index (χ2n) is 5.45. The monoisotopic (exact) mass is 263 g/mol. The highest BCUT2D eigenvalue weighted by Crippen LogP contribution is 2.31. The van der Waals surface area contributed by atoms with Gasteiger partial charge in [-0.1, -0.05) is 58.8 Å². The molecule has 1 unspecified atom stereocenters. The van der Waals surface area contributed by atoms with Gasteiger partial charge in [0.25, 0.3) is 0 Å². The predicted octanol–water partition coefficient (Wildman–Crippen LogP) is 5.42. The number of nitrogens with zero attached hydrogens (tertiary/aromatic N) is 1. The van der Waals surface area contributed by atoms with Gasteiger partial charge in [0.2, 0.25) is 0 Å². The fourth-order valence-electron chi connectivity index (χ4n) is 2.59. The van der Waals surface area contributed by atoms with Crippen LogP contribution < -0.4 is 0 Å². The van der Waals surface area contributed by atoms with Crippen LogP contribution in [0.3, 0.4) is 0 Å². The summed E-state index contributed by atoms with van der Waals surface area (Å²) in [5.41, 5.74) is 0.909. The minimum atomic E-state index is 0.372. The van der Waals surface area contributed by atoms with E-state index in [-0.39, 0.29) is 0 Å². The third-order valence-corrected chi connectivity index (χ3v) is 3.77. The summed E-state index contributed by atoms with van der Waals surface area (Å²) in [6.45, 7) is 4.46. The molecule has 0 aliphatic carbocycles. The number of rotatable bonds is 10. The first-order valence-corrected chi connectivity index (χ1v) is 7.93. The molecule has 0 fully saturated rings. The molecule has 108 valence electrons. The molecule has 0 bridgehead atoms. The van der Waals surface area contributed by atoms with Crippen LogP contribution >= 0.6 is 0 Å². The maximum atomic E-state index is 9.96. The minimum Gasteiger partial charge on any atom is -0.506 e. The lowest BCUT2D eigenvalue weighted by atomic mass is 9.91. The van der Waals surface area contributed by atoms with Crippen LogP contribution in [-0.2, 0) is 0 Å². The van der Waals surface area contributed by atoms with E-state index in [4.69, 9.17) is 0 Å². The van der Waals surface area contributed by atoms with Gasteiger partial charge in [-0.2, -0.15) is 0 Å². The molecule has 0 aromatic carbocycles. The first-order chi connectivity index (χ1) is 9.29. The van der Waals surface area contributed by atoms with Crippen LogP contribution in [0.25, 0.3) is 0 Å². The zero-order chi connectivity index (χ0) is 13.9. The summed E-state index contributed by atoms with van der Waals surface area (Å²) in [6, 6.07) is 3.56. The van der Waals surface area contributed by atoms with Gasteiger partial charge in [-0.05, 0) is 25.0 Å². The van der Waals surface area contributed by atoms with Crippen molar-refractivity contribution in [1.29, 1.82) is 0 Å². The van der Waals surface area contributed by atoms with E-state index in [0.29, 0.717) is 11.7 Å². The number of aromatic hydroxyl groups is 1. The Kier molecular flexibility index (Phi) is 8.28. The summed E-state index contributed by atoms with van der Waals surface area (Å²) in [5, 5.41) is 9.96.